The van der Waals surface area contributed by atoms with Crippen molar-refractivity contribution in [3.63, 3.8) is 0 Å². The number of anilines is 1. The lowest BCUT2D eigenvalue weighted by Gasteiger charge is -2.15. The molecule has 3 amide bonds. The van der Waals surface area contributed by atoms with Crippen molar-refractivity contribution >= 4 is 46.2 Å². The normalized spacial score (nSPS) is 15.6. The van der Waals surface area contributed by atoms with Gasteiger partial charge in [0, 0.05) is 5.69 Å². The first-order chi connectivity index (χ1) is 20.4. The molecule has 0 aliphatic carbocycles. The van der Waals surface area contributed by atoms with Crippen molar-refractivity contribution in [2.24, 2.45) is 4.99 Å². The SMILES string of the molecule is Cc1ccc(N=C2SC(c3ccc(NC(=O)CNC(=O)OCc4ccccc4)cc3)C(=O)N2Cc2ccco2)c(C)c1. The number of aliphatic imine (C=N–C) groups is 1. The molecule has 1 aliphatic heterocycles. The van der Waals surface area contributed by atoms with Gasteiger partial charge in [-0.05, 0) is 60.9 Å². The van der Waals surface area contributed by atoms with Crippen LogP contribution in [0.2, 0.25) is 0 Å². The molecule has 1 saturated heterocycles. The molecule has 1 aliphatic rings. The number of hydrogen-bond donors (Lipinski definition) is 2. The van der Waals surface area contributed by atoms with Gasteiger partial charge in [-0.25, -0.2) is 9.79 Å². The van der Waals surface area contributed by atoms with Crippen molar-refractivity contribution < 1.29 is 23.5 Å². The van der Waals surface area contributed by atoms with Gasteiger partial charge in [-0.3, -0.25) is 14.5 Å². The van der Waals surface area contributed by atoms with Crippen LogP contribution >= 0.6 is 11.8 Å². The average Bonchev–Trinajstić information content (AvgIpc) is 3.61. The molecule has 1 aromatic heterocycles. The van der Waals surface area contributed by atoms with Crippen LogP contribution in [0.25, 0.3) is 0 Å². The van der Waals surface area contributed by atoms with Crippen molar-refractivity contribution in [1.82, 2.24) is 10.2 Å². The molecule has 5 rings (SSSR count). The highest BCUT2D eigenvalue weighted by Gasteiger charge is 2.39. The lowest BCUT2D eigenvalue weighted by atomic mass is 10.1. The molecule has 1 fully saturated rings. The van der Waals surface area contributed by atoms with Gasteiger partial charge in [0.1, 0.15) is 24.2 Å². The van der Waals surface area contributed by atoms with Gasteiger partial charge in [0.15, 0.2) is 5.17 Å². The fraction of sp³-hybridized carbons (Fsp3) is 0.188. The summed E-state index contributed by atoms with van der Waals surface area (Å²) < 4.78 is 10.6. The Balaban J connectivity index is 1.21. The Hall–Kier alpha value is -4.83. The number of nitrogens with zero attached hydrogens (tertiary/aromatic N) is 2. The Bertz CT molecular complexity index is 1590. The zero-order valence-corrected chi connectivity index (χ0v) is 24.0. The zero-order valence-electron chi connectivity index (χ0n) is 23.2. The Morgan fingerprint density at radius 2 is 1.79 bits per heavy atom. The van der Waals surface area contributed by atoms with Crippen molar-refractivity contribution in [1.29, 1.82) is 0 Å². The van der Waals surface area contributed by atoms with E-state index in [0.29, 0.717) is 16.6 Å². The number of thioether (sulfide) groups is 1. The molecule has 10 heteroatoms. The van der Waals surface area contributed by atoms with Gasteiger partial charge in [0.25, 0.3) is 0 Å². The molecular formula is C32H30N4O5S. The van der Waals surface area contributed by atoms with Crippen molar-refractivity contribution in [3.05, 3.63) is 119 Å². The summed E-state index contributed by atoms with van der Waals surface area (Å²) in [6.07, 6.45) is 0.899. The smallest absolute Gasteiger partial charge is 0.407 e. The van der Waals surface area contributed by atoms with Crippen molar-refractivity contribution in [2.75, 3.05) is 11.9 Å². The predicted octanol–water partition coefficient (Wildman–Crippen LogP) is 6.27. The third kappa shape index (κ3) is 7.27. The van der Waals surface area contributed by atoms with Gasteiger partial charge in [-0.15, -0.1) is 0 Å². The summed E-state index contributed by atoms with van der Waals surface area (Å²) in [6.45, 7) is 4.17. The lowest BCUT2D eigenvalue weighted by Crippen LogP contribution is -2.33. The molecule has 42 heavy (non-hydrogen) atoms. The van der Waals surface area contributed by atoms with E-state index in [4.69, 9.17) is 14.1 Å². The van der Waals surface area contributed by atoms with Crippen molar-refractivity contribution in [2.45, 2.75) is 32.2 Å². The number of aryl methyl sites for hydroxylation is 2. The first-order valence-electron chi connectivity index (χ1n) is 13.4. The molecule has 214 valence electrons. The first-order valence-corrected chi connectivity index (χ1v) is 14.2. The minimum Gasteiger partial charge on any atom is -0.467 e. The molecular weight excluding hydrogens is 552 g/mol. The number of nitrogens with one attached hydrogen (secondary N) is 2. The summed E-state index contributed by atoms with van der Waals surface area (Å²) in [5, 5.41) is 5.27. The van der Waals surface area contributed by atoms with Gasteiger partial charge in [0.2, 0.25) is 11.8 Å². The second kappa shape index (κ2) is 13.2. The van der Waals surface area contributed by atoms with Crippen LogP contribution in [0.4, 0.5) is 16.2 Å². The highest BCUT2D eigenvalue weighted by Crippen LogP contribution is 2.41. The summed E-state index contributed by atoms with van der Waals surface area (Å²) in [5.74, 6) is 0.154. The largest absolute Gasteiger partial charge is 0.467 e. The Labute approximate surface area is 248 Å². The molecule has 0 bridgehead atoms. The maximum atomic E-state index is 13.6. The van der Waals surface area contributed by atoms with E-state index in [2.05, 4.69) is 16.7 Å². The fourth-order valence-electron chi connectivity index (χ4n) is 4.36. The van der Waals surface area contributed by atoms with Crippen LogP contribution in [-0.2, 0) is 27.5 Å². The number of carbonyl (C=O) groups is 3. The molecule has 0 radical (unpaired) electrons. The summed E-state index contributed by atoms with van der Waals surface area (Å²) in [7, 11) is 0. The number of amides is 3. The molecule has 0 saturated carbocycles. The van der Waals surface area contributed by atoms with Crippen LogP contribution in [-0.4, -0.2) is 34.5 Å². The zero-order chi connectivity index (χ0) is 29.5. The van der Waals surface area contributed by atoms with Crippen LogP contribution in [0.5, 0.6) is 0 Å². The fourth-order valence-corrected chi connectivity index (χ4v) is 5.53. The second-order valence-electron chi connectivity index (χ2n) is 9.77. The number of alkyl carbamates (subject to hydrolysis) is 1. The Morgan fingerprint density at radius 3 is 2.50 bits per heavy atom. The molecule has 2 heterocycles. The number of furan rings is 1. The van der Waals surface area contributed by atoms with Crippen LogP contribution in [0.15, 0.2) is 101 Å². The molecule has 0 spiro atoms. The maximum Gasteiger partial charge on any atom is 0.407 e. The van der Waals surface area contributed by atoms with E-state index >= 15 is 0 Å². The van der Waals surface area contributed by atoms with E-state index in [1.165, 1.54) is 11.8 Å². The third-order valence-corrected chi connectivity index (χ3v) is 7.74. The number of benzene rings is 3. The molecule has 9 nitrogen and oxygen atoms in total. The molecule has 1 unspecified atom stereocenters. The average molecular weight is 583 g/mol. The van der Waals surface area contributed by atoms with Gasteiger partial charge >= 0.3 is 6.09 Å². The van der Waals surface area contributed by atoms with Crippen molar-refractivity contribution in [3.8, 4) is 0 Å². The lowest BCUT2D eigenvalue weighted by molar-refractivity contribution is -0.126. The van der Waals surface area contributed by atoms with E-state index in [1.54, 1.807) is 41.5 Å². The molecule has 2 N–H and O–H groups in total. The van der Waals surface area contributed by atoms with E-state index in [1.807, 2.05) is 62.4 Å². The van der Waals surface area contributed by atoms with E-state index in [9.17, 15) is 14.4 Å². The highest BCUT2D eigenvalue weighted by molar-refractivity contribution is 8.15. The monoisotopic (exact) mass is 582 g/mol. The van der Waals surface area contributed by atoms with Crippen LogP contribution < -0.4 is 10.6 Å². The van der Waals surface area contributed by atoms with Crippen LogP contribution in [0, 0.1) is 13.8 Å². The first kappa shape index (κ1) is 28.7. The van der Waals surface area contributed by atoms with Crippen LogP contribution in [0.3, 0.4) is 0 Å². The molecule has 1 atom stereocenters. The Morgan fingerprint density at radius 1 is 1.00 bits per heavy atom. The summed E-state index contributed by atoms with van der Waals surface area (Å²) in [4.78, 5) is 44.4. The summed E-state index contributed by atoms with van der Waals surface area (Å²) >= 11 is 1.38. The van der Waals surface area contributed by atoms with E-state index in [0.717, 1.165) is 27.9 Å². The van der Waals surface area contributed by atoms with E-state index in [-0.39, 0.29) is 25.6 Å². The van der Waals surface area contributed by atoms with Crippen LogP contribution in [0.1, 0.15) is 33.3 Å². The number of amidine groups is 1. The van der Waals surface area contributed by atoms with E-state index < -0.39 is 17.3 Å². The molecule has 4 aromatic rings. The minimum atomic E-state index is -0.682. The second-order valence-corrected chi connectivity index (χ2v) is 10.8. The van der Waals surface area contributed by atoms with Gasteiger partial charge in [-0.2, -0.15) is 0 Å². The summed E-state index contributed by atoms with van der Waals surface area (Å²) in [5.41, 5.74) is 5.13. The third-order valence-electron chi connectivity index (χ3n) is 6.51. The predicted molar refractivity (Wildman–Crippen MR) is 162 cm³/mol. The topological polar surface area (TPSA) is 113 Å². The maximum absolute atomic E-state index is 13.6. The quantitative estimate of drug-likeness (QED) is 0.241. The number of rotatable bonds is 9. The number of hydrogen-bond acceptors (Lipinski definition) is 7. The number of ether oxygens (including phenoxy) is 1. The standard InChI is InChI=1S/C32H30N4O5S/c1-21-10-15-27(22(2)17-21)35-31-36(19-26-9-6-16-40-26)30(38)29(42-31)24-11-13-25(14-12-24)34-28(37)18-33-32(39)41-20-23-7-4-3-5-8-23/h3-17,29H,18-20H2,1-2H3,(H,33,39)(H,34,37). The Kier molecular flexibility index (Phi) is 9.03. The highest BCUT2D eigenvalue weighted by atomic mass is 32.2. The minimum absolute atomic E-state index is 0.102. The molecule has 3 aromatic carbocycles. The number of carbonyl (C=O) groups excluding carboxylic acids is 3. The van der Waals surface area contributed by atoms with Gasteiger partial charge in [0.05, 0.1) is 18.5 Å². The van der Waals surface area contributed by atoms with Gasteiger partial charge < -0.3 is 19.8 Å². The van der Waals surface area contributed by atoms with Gasteiger partial charge in [-0.1, -0.05) is 71.9 Å². The summed E-state index contributed by atoms with van der Waals surface area (Å²) in [6, 6.07) is 26.0.